The second-order valence-electron chi connectivity index (χ2n) is 6.65. The summed E-state index contributed by atoms with van der Waals surface area (Å²) in [5, 5.41) is 14.9. The zero-order valence-electron chi connectivity index (χ0n) is 12.0. The van der Waals surface area contributed by atoms with Crippen LogP contribution in [0, 0.1) is 11.8 Å². The third kappa shape index (κ3) is 2.16. The number of rotatable bonds is 2. The molecule has 1 saturated carbocycles. The molecule has 1 aromatic rings. The Morgan fingerprint density at radius 3 is 2.79 bits per heavy atom. The standard InChI is InChI=1S/C17H25NO/c1-12(2)14-8-5-6-10-17(14,19)16-11-13-7-3-4-9-15(13)18-16/h3-4,7,9,12,14,16,18-19H,5-6,8,10-11H2,1-2H3. The summed E-state index contributed by atoms with van der Waals surface area (Å²) in [6, 6.07) is 8.66. The van der Waals surface area contributed by atoms with Gasteiger partial charge in [0.2, 0.25) is 0 Å². The van der Waals surface area contributed by atoms with Gasteiger partial charge in [-0.25, -0.2) is 0 Å². The van der Waals surface area contributed by atoms with Crippen molar-refractivity contribution in [2.45, 2.75) is 57.6 Å². The maximum Gasteiger partial charge on any atom is 0.0881 e. The first-order chi connectivity index (χ1) is 9.11. The molecule has 1 fully saturated rings. The van der Waals surface area contributed by atoms with Crippen LogP contribution >= 0.6 is 0 Å². The number of anilines is 1. The molecule has 0 aromatic heterocycles. The summed E-state index contributed by atoms with van der Waals surface area (Å²) < 4.78 is 0. The first kappa shape index (κ1) is 13.0. The number of hydrogen-bond donors (Lipinski definition) is 2. The molecule has 1 heterocycles. The van der Waals surface area contributed by atoms with Crippen LogP contribution in [0.4, 0.5) is 5.69 Å². The topological polar surface area (TPSA) is 32.3 Å². The molecule has 0 amide bonds. The molecule has 2 nitrogen and oxygen atoms in total. The van der Waals surface area contributed by atoms with Crippen LogP contribution in [0.1, 0.15) is 45.1 Å². The van der Waals surface area contributed by atoms with E-state index in [0.717, 1.165) is 19.3 Å². The molecule has 1 aliphatic heterocycles. The highest BCUT2D eigenvalue weighted by atomic mass is 16.3. The van der Waals surface area contributed by atoms with Crippen molar-refractivity contribution in [2.75, 3.05) is 5.32 Å². The molecule has 1 aromatic carbocycles. The molecule has 2 heteroatoms. The van der Waals surface area contributed by atoms with Gasteiger partial charge in [-0.1, -0.05) is 44.9 Å². The Balaban J connectivity index is 1.85. The van der Waals surface area contributed by atoms with Gasteiger partial charge in [-0.05, 0) is 42.7 Å². The van der Waals surface area contributed by atoms with Gasteiger partial charge in [0, 0.05) is 5.69 Å². The van der Waals surface area contributed by atoms with Crippen molar-refractivity contribution in [3.8, 4) is 0 Å². The van der Waals surface area contributed by atoms with Crippen LogP contribution in [0.5, 0.6) is 0 Å². The van der Waals surface area contributed by atoms with Gasteiger partial charge < -0.3 is 10.4 Å². The fourth-order valence-corrected chi connectivity index (χ4v) is 4.15. The molecule has 0 radical (unpaired) electrons. The molecule has 1 aliphatic carbocycles. The quantitative estimate of drug-likeness (QED) is 0.850. The third-order valence-electron chi connectivity index (χ3n) is 5.16. The smallest absolute Gasteiger partial charge is 0.0881 e. The molecule has 3 unspecified atom stereocenters. The van der Waals surface area contributed by atoms with Crippen molar-refractivity contribution in [3.63, 3.8) is 0 Å². The predicted molar refractivity (Wildman–Crippen MR) is 79.3 cm³/mol. The summed E-state index contributed by atoms with van der Waals surface area (Å²) in [6.45, 7) is 4.51. The Hall–Kier alpha value is -1.02. The van der Waals surface area contributed by atoms with Crippen LogP contribution in [0.3, 0.4) is 0 Å². The average Bonchev–Trinajstić information content (AvgIpc) is 2.83. The molecular weight excluding hydrogens is 234 g/mol. The van der Waals surface area contributed by atoms with Gasteiger partial charge in [-0.15, -0.1) is 0 Å². The highest BCUT2D eigenvalue weighted by Gasteiger charge is 2.47. The van der Waals surface area contributed by atoms with Crippen LogP contribution < -0.4 is 5.32 Å². The van der Waals surface area contributed by atoms with Crippen molar-refractivity contribution in [2.24, 2.45) is 11.8 Å². The number of benzene rings is 1. The second-order valence-corrected chi connectivity index (χ2v) is 6.65. The normalized spacial score (nSPS) is 34.1. The highest BCUT2D eigenvalue weighted by molar-refractivity contribution is 5.57. The lowest BCUT2D eigenvalue weighted by Crippen LogP contribution is -2.54. The van der Waals surface area contributed by atoms with Crippen molar-refractivity contribution >= 4 is 5.69 Å². The summed E-state index contributed by atoms with van der Waals surface area (Å²) in [5.41, 5.74) is 2.04. The lowest BCUT2D eigenvalue weighted by Gasteiger charge is -2.46. The molecule has 19 heavy (non-hydrogen) atoms. The van der Waals surface area contributed by atoms with E-state index in [-0.39, 0.29) is 6.04 Å². The zero-order chi connectivity index (χ0) is 13.5. The first-order valence-corrected chi connectivity index (χ1v) is 7.68. The molecule has 0 spiro atoms. The SMILES string of the molecule is CC(C)C1CCCCC1(O)C1Cc2ccccc2N1. The molecule has 2 aliphatic rings. The monoisotopic (exact) mass is 259 g/mol. The maximum atomic E-state index is 11.3. The second kappa shape index (κ2) is 4.82. The van der Waals surface area contributed by atoms with E-state index in [9.17, 15) is 5.11 Å². The van der Waals surface area contributed by atoms with Crippen molar-refractivity contribution < 1.29 is 5.11 Å². The van der Waals surface area contributed by atoms with E-state index in [4.69, 9.17) is 0 Å². The van der Waals surface area contributed by atoms with E-state index in [0.29, 0.717) is 11.8 Å². The summed E-state index contributed by atoms with van der Waals surface area (Å²) in [7, 11) is 0. The van der Waals surface area contributed by atoms with Crippen LogP contribution in [-0.2, 0) is 6.42 Å². The van der Waals surface area contributed by atoms with E-state index in [1.807, 2.05) is 0 Å². The van der Waals surface area contributed by atoms with Crippen molar-refractivity contribution in [3.05, 3.63) is 29.8 Å². The van der Waals surface area contributed by atoms with E-state index in [1.54, 1.807) is 0 Å². The minimum absolute atomic E-state index is 0.192. The van der Waals surface area contributed by atoms with Gasteiger partial charge in [0.15, 0.2) is 0 Å². The Labute approximate surface area is 116 Å². The minimum atomic E-state index is -0.536. The van der Waals surface area contributed by atoms with Crippen molar-refractivity contribution in [1.29, 1.82) is 0 Å². The van der Waals surface area contributed by atoms with Crippen LogP contribution in [0.25, 0.3) is 0 Å². The van der Waals surface area contributed by atoms with E-state index in [2.05, 4.69) is 43.4 Å². The molecule has 0 saturated heterocycles. The van der Waals surface area contributed by atoms with Gasteiger partial charge in [0.1, 0.15) is 0 Å². The van der Waals surface area contributed by atoms with Gasteiger partial charge in [0.25, 0.3) is 0 Å². The van der Waals surface area contributed by atoms with Crippen LogP contribution in [0.2, 0.25) is 0 Å². The Kier molecular flexibility index (Phi) is 3.30. The van der Waals surface area contributed by atoms with Crippen molar-refractivity contribution in [1.82, 2.24) is 0 Å². The lowest BCUT2D eigenvalue weighted by atomic mass is 9.66. The highest BCUT2D eigenvalue weighted by Crippen LogP contribution is 2.44. The summed E-state index contributed by atoms with van der Waals surface area (Å²) in [6.07, 6.45) is 5.51. The zero-order valence-corrected chi connectivity index (χ0v) is 12.0. The first-order valence-electron chi connectivity index (χ1n) is 7.68. The Morgan fingerprint density at radius 2 is 2.05 bits per heavy atom. The molecule has 3 rings (SSSR count). The molecule has 3 atom stereocenters. The Morgan fingerprint density at radius 1 is 1.26 bits per heavy atom. The van der Waals surface area contributed by atoms with Gasteiger partial charge in [0.05, 0.1) is 11.6 Å². The van der Waals surface area contributed by atoms with Crippen LogP contribution in [0.15, 0.2) is 24.3 Å². The van der Waals surface area contributed by atoms with E-state index < -0.39 is 5.60 Å². The van der Waals surface area contributed by atoms with Gasteiger partial charge >= 0.3 is 0 Å². The Bertz CT molecular complexity index is 431. The fraction of sp³-hybridized carbons (Fsp3) is 0.647. The largest absolute Gasteiger partial charge is 0.387 e. The predicted octanol–water partition coefficient (Wildman–Crippen LogP) is 3.60. The summed E-state index contributed by atoms with van der Waals surface area (Å²) in [4.78, 5) is 0. The summed E-state index contributed by atoms with van der Waals surface area (Å²) >= 11 is 0. The number of fused-ring (bicyclic) bond motifs is 1. The third-order valence-corrected chi connectivity index (χ3v) is 5.16. The summed E-state index contributed by atoms with van der Waals surface area (Å²) in [5.74, 6) is 0.976. The number of para-hydroxylation sites is 1. The number of hydrogen-bond acceptors (Lipinski definition) is 2. The average molecular weight is 259 g/mol. The van der Waals surface area contributed by atoms with E-state index in [1.165, 1.54) is 24.1 Å². The number of aliphatic hydroxyl groups is 1. The lowest BCUT2D eigenvalue weighted by molar-refractivity contribution is -0.0781. The molecule has 2 N–H and O–H groups in total. The molecule has 104 valence electrons. The maximum absolute atomic E-state index is 11.3. The fourth-order valence-electron chi connectivity index (χ4n) is 4.15. The van der Waals surface area contributed by atoms with Gasteiger partial charge in [-0.2, -0.15) is 0 Å². The molecular formula is C17H25NO. The van der Waals surface area contributed by atoms with E-state index >= 15 is 0 Å². The molecule has 0 bridgehead atoms. The van der Waals surface area contributed by atoms with Gasteiger partial charge in [-0.3, -0.25) is 0 Å². The van der Waals surface area contributed by atoms with Crippen LogP contribution in [-0.4, -0.2) is 16.7 Å². The minimum Gasteiger partial charge on any atom is -0.387 e. The number of nitrogens with one attached hydrogen (secondary N) is 1.